The van der Waals surface area contributed by atoms with Crippen molar-refractivity contribution >= 4 is 11.9 Å². The first-order valence-corrected chi connectivity index (χ1v) is 6.54. The SMILES string of the molecule is COC(=O)[C@]12CCC[C@H]1[C@H](c1ccccc1)OC2=O. The van der Waals surface area contributed by atoms with Crippen LogP contribution in [0.15, 0.2) is 30.3 Å². The van der Waals surface area contributed by atoms with Gasteiger partial charge in [0.15, 0.2) is 5.41 Å². The fourth-order valence-corrected chi connectivity index (χ4v) is 3.46. The summed E-state index contributed by atoms with van der Waals surface area (Å²) in [5, 5.41) is 0. The number of methoxy groups -OCH3 is 1. The molecule has 3 rings (SSSR count). The first-order valence-electron chi connectivity index (χ1n) is 6.54. The standard InChI is InChI=1S/C15H16O4/c1-18-13(16)15-9-5-8-11(15)12(19-14(15)17)10-6-3-2-4-7-10/h2-4,6-7,11-12H,5,8-9H2,1H3/t11-,12-,15-/m0/s1. The third-order valence-corrected chi connectivity index (χ3v) is 4.36. The highest BCUT2D eigenvalue weighted by Crippen LogP contribution is 2.57. The van der Waals surface area contributed by atoms with Crippen LogP contribution >= 0.6 is 0 Å². The summed E-state index contributed by atoms with van der Waals surface area (Å²) in [4.78, 5) is 24.3. The van der Waals surface area contributed by atoms with Crippen molar-refractivity contribution in [1.82, 2.24) is 0 Å². The quantitative estimate of drug-likeness (QED) is 0.604. The maximum Gasteiger partial charge on any atom is 0.324 e. The van der Waals surface area contributed by atoms with E-state index in [1.165, 1.54) is 7.11 Å². The van der Waals surface area contributed by atoms with E-state index in [9.17, 15) is 9.59 Å². The zero-order valence-corrected chi connectivity index (χ0v) is 10.8. The molecule has 0 amide bonds. The van der Waals surface area contributed by atoms with Crippen LogP contribution in [0.3, 0.4) is 0 Å². The van der Waals surface area contributed by atoms with Crippen molar-refractivity contribution in [2.24, 2.45) is 11.3 Å². The topological polar surface area (TPSA) is 52.6 Å². The second-order valence-electron chi connectivity index (χ2n) is 5.20. The summed E-state index contributed by atoms with van der Waals surface area (Å²) in [6.45, 7) is 0. The van der Waals surface area contributed by atoms with Crippen molar-refractivity contribution in [1.29, 1.82) is 0 Å². The second-order valence-corrected chi connectivity index (χ2v) is 5.20. The minimum absolute atomic E-state index is 0.102. The van der Waals surface area contributed by atoms with Crippen molar-refractivity contribution in [3.05, 3.63) is 35.9 Å². The van der Waals surface area contributed by atoms with Gasteiger partial charge in [-0.05, 0) is 18.4 Å². The van der Waals surface area contributed by atoms with Gasteiger partial charge in [-0.25, -0.2) is 0 Å². The van der Waals surface area contributed by atoms with Gasteiger partial charge in [-0.1, -0.05) is 36.8 Å². The fraction of sp³-hybridized carbons (Fsp3) is 0.467. The van der Waals surface area contributed by atoms with Crippen LogP contribution in [0.25, 0.3) is 0 Å². The third kappa shape index (κ3) is 1.59. The Balaban J connectivity index is 2.00. The minimum Gasteiger partial charge on any atom is -0.468 e. The summed E-state index contributed by atoms with van der Waals surface area (Å²) < 4.78 is 10.4. The molecule has 0 spiro atoms. The van der Waals surface area contributed by atoms with Crippen LogP contribution in [0.5, 0.6) is 0 Å². The molecule has 0 N–H and O–H groups in total. The molecule has 0 unspecified atom stereocenters. The summed E-state index contributed by atoms with van der Waals surface area (Å²) in [6, 6.07) is 9.61. The van der Waals surface area contributed by atoms with Crippen molar-refractivity contribution in [2.75, 3.05) is 7.11 Å². The van der Waals surface area contributed by atoms with Gasteiger partial charge in [-0.15, -0.1) is 0 Å². The Hall–Kier alpha value is -1.84. The molecule has 1 heterocycles. The van der Waals surface area contributed by atoms with E-state index in [4.69, 9.17) is 9.47 Å². The average Bonchev–Trinajstić information content (AvgIpc) is 2.99. The predicted octanol–water partition coefficient (Wildman–Crippen LogP) is 2.24. The van der Waals surface area contributed by atoms with Crippen LogP contribution in [0, 0.1) is 11.3 Å². The molecule has 1 aliphatic heterocycles. The van der Waals surface area contributed by atoms with Gasteiger partial charge in [-0.2, -0.15) is 0 Å². The number of carbonyl (C=O) groups is 2. The molecule has 1 aromatic rings. The maximum absolute atomic E-state index is 12.2. The summed E-state index contributed by atoms with van der Waals surface area (Å²) in [6.07, 6.45) is 1.89. The molecule has 0 radical (unpaired) electrons. The number of rotatable bonds is 2. The molecule has 4 nitrogen and oxygen atoms in total. The molecule has 2 aliphatic rings. The van der Waals surface area contributed by atoms with Crippen molar-refractivity contribution in [3.63, 3.8) is 0 Å². The average molecular weight is 260 g/mol. The largest absolute Gasteiger partial charge is 0.468 e. The number of hydrogen-bond acceptors (Lipinski definition) is 4. The monoisotopic (exact) mass is 260 g/mol. The Morgan fingerprint density at radius 3 is 2.79 bits per heavy atom. The number of hydrogen-bond donors (Lipinski definition) is 0. The lowest BCUT2D eigenvalue weighted by Crippen LogP contribution is -2.39. The zero-order valence-electron chi connectivity index (χ0n) is 10.8. The van der Waals surface area contributed by atoms with Gasteiger partial charge in [0.1, 0.15) is 6.10 Å². The van der Waals surface area contributed by atoms with E-state index >= 15 is 0 Å². The molecule has 1 aliphatic carbocycles. The van der Waals surface area contributed by atoms with Crippen molar-refractivity contribution in [3.8, 4) is 0 Å². The number of cyclic esters (lactones) is 1. The summed E-state index contributed by atoms with van der Waals surface area (Å²) >= 11 is 0. The number of benzene rings is 1. The lowest BCUT2D eigenvalue weighted by Gasteiger charge is -2.22. The van der Waals surface area contributed by atoms with Crippen molar-refractivity contribution in [2.45, 2.75) is 25.4 Å². The Kier molecular flexibility index (Phi) is 2.81. The van der Waals surface area contributed by atoms with E-state index in [2.05, 4.69) is 0 Å². The van der Waals surface area contributed by atoms with Crippen LogP contribution < -0.4 is 0 Å². The van der Waals surface area contributed by atoms with Crippen LogP contribution in [-0.4, -0.2) is 19.0 Å². The van der Waals surface area contributed by atoms with Gasteiger partial charge in [0.2, 0.25) is 0 Å². The molecule has 1 aromatic carbocycles. The first-order chi connectivity index (χ1) is 9.20. The second kappa shape index (κ2) is 4.37. The van der Waals surface area contributed by atoms with Gasteiger partial charge in [0.25, 0.3) is 0 Å². The Morgan fingerprint density at radius 1 is 1.37 bits per heavy atom. The normalized spacial score (nSPS) is 32.8. The zero-order chi connectivity index (χ0) is 13.5. The molecule has 0 aromatic heterocycles. The Morgan fingerprint density at radius 2 is 2.11 bits per heavy atom. The highest BCUT2D eigenvalue weighted by atomic mass is 16.6. The van der Waals surface area contributed by atoms with E-state index in [-0.39, 0.29) is 12.0 Å². The predicted molar refractivity (Wildman–Crippen MR) is 67.1 cm³/mol. The molecule has 0 bridgehead atoms. The highest BCUT2D eigenvalue weighted by Gasteiger charge is 2.65. The molecule has 3 atom stereocenters. The van der Waals surface area contributed by atoms with Crippen LogP contribution in [0.1, 0.15) is 30.9 Å². The lowest BCUT2D eigenvalue weighted by molar-refractivity contribution is -0.163. The van der Waals surface area contributed by atoms with Gasteiger partial charge >= 0.3 is 11.9 Å². The van der Waals surface area contributed by atoms with Crippen LogP contribution in [0.4, 0.5) is 0 Å². The lowest BCUT2D eigenvalue weighted by atomic mass is 9.76. The Labute approximate surface area is 111 Å². The van der Waals surface area contributed by atoms with E-state index in [0.717, 1.165) is 18.4 Å². The summed E-state index contributed by atoms with van der Waals surface area (Å²) in [5.41, 5.74) is -0.122. The van der Waals surface area contributed by atoms with Crippen LogP contribution in [-0.2, 0) is 19.1 Å². The van der Waals surface area contributed by atoms with Crippen LogP contribution in [0.2, 0.25) is 0 Å². The third-order valence-electron chi connectivity index (χ3n) is 4.36. The number of esters is 2. The molecular formula is C15H16O4. The van der Waals surface area contributed by atoms with E-state index < -0.39 is 17.4 Å². The van der Waals surface area contributed by atoms with Gasteiger partial charge < -0.3 is 9.47 Å². The molecular weight excluding hydrogens is 244 g/mol. The van der Waals surface area contributed by atoms with E-state index in [0.29, 0.717) is 6.42 Å². The smallest absolute Gasteiger partial charge is 0.324 e. The first kappa shape index (κ1) is 12.2. The molecule has 4 heteroatoms. The highest BCUT2D eigenvalue weighted by molar-refractivity contribution is 6.02. The number of ether oxygens (including phenoxy) is 2. The number of carbonyl (C=O) groups excluding carboxylic acids is 2. The fourth-order valence-electron chi connectivity index (χ4n) is 3.46. The van der Waals surface area contributed by atoms with E-state index in [1.54, 1.807) is 0 Å². The number of fused-ring (bicyclic) bond motifs is 1. The van der Waals surface area contributed by atoms with Gasteiger partial charge in [0.05, 0.1) is 7.11 Å². The maximum atomic E-state index is 12.2. The molecule has 19 heavy (non-hydrogen) atoms. The molecule has 100 valence electrons. The molecule has 2 fully saturated rings. The van der Waals surface area contributed by atoms with E-state index in [1.807, 2.05) is 30.3 Å². The minimum atomic E-state index is -1.07. The molecule has 1 saturated carbocycles. The van der Waals surface area contributed by atoms with Gasteiger partial charge in [-0.3, -0.25) is 9.59 Å². The molecule has 1 saturated heterocycles. The van der Waals surface area contributed by atoms with Crippen molar-refractivity contribution < 1.29 is 19.1 Å². The summed E-state index contributed by atoms with van der Waals surface area (Å²) in [5.74, 6) is -0.969. The summed E-state index contributed by atoms with van der Waals surface area (Å²) in [7, 11) is 1.33. The Bertz CT molecular complexity index is 510. The van der Waals surface area contributed by atoms with Gasteiger partial charge in [0, 0.05) is 5.92 Å².